The molecule has 18 heavy (non-hydrogen) atoms. The first-order valence-corrected chi connectivity index (χ1v) is 6.39. The molecule has 1 N–H and O–H groups in total. The highest BCUT2D eigenvalue weighted by Gasteiger charge is 2.20. The van der Waals surface area contributed by atoms with Crippen LogP contribution in [0.5, 0.6) is 12.0 Å². The SMILES string of the molecule is COc1nc(NC2CCC(Cl)CC2)nc(OC)n1. The molecular formula is C11H17ClN4O2. The highest BCUT2D eigenvalue weighted by molar-refractivity contribution is 6.20. The number of halogens is 1. The summed E-state index contributed by atoms with van der Waals surface area (Å²) in [6, 6.07) is 0.836. The van der Waals surface area contributed by atoms with Gasteiger partial charge in [0, 0.05) is 11.4 Å². The van der Waals surface area contributed by atoms with Crippen molar-refractivity contribution in [2.45, 2.75) is 37.1 Å². The van der Waals surface area contributed by atoms with Gasteiger partial charge in [0.25, 0.3) is 0 Å². The van der Waals surface area contributed by atoms with Crippen molar-refractivity contribution in [2.75, 3.05) is 19.5 Å². The van der Waals surface area contributed by atoms with E-state index in [1.54, 1.807) is 0 Å². The molecular weight excluding hydrogens is 256 g/mol. The zero-order valence-corrected chi connectivity index (χ0v) is 11.3. The minimum atomic E-state index is 0.246. The van der Waals surface area contributed by atoms with Crippen molar-refractivity contribution in [1.29, 1.82) is 0 Å². The average molecular weight is 273 g/mol. The number of nitrogens with one attached hydrogen (secondary N) is 1. The van der Waals surface area contributed by atoms with Crippen LogP contribution in [0, 0.1) is 0 Å². The lowest BCUT2D eigenvalue weighted by Crippen LogP contribution is -2.27. The minimum absolute atomic E-state index is 0.246. The smallest absolute Gasteiger partial charge is 0.324 e. The summed E-state index contributed by atoms with van der Waals surface area (Å²) >= 11 is 6.07. The van der Waals surface area contributed by atoms with E-state index in [0.29, 0.717) is 17.4 Å². The number of nitrogens with zero attached hydrogens (tertiary/aromatic N) is 3. The third kappa shape index (κ3) is 3.35. The topological polar surface area (TPSA) is 69.2 Å². The van der Waals surface area contributed by atoms with E-state index in [1.165, 1.54) is 14.2 Å². The molecule has 0 atom stereocenters. The third-order valence-electron chi connectivity index (χ3n) is 2.95. The standard InChI is InChI=1S/C11H17ClN4O2/c1-17-10-14-9(15-11(16-10)18-2)13-8-5-3-7(12)4-6-8/h7-8H,3-6H2,1-2H3,(H,13,14,15,16). The van der Waals surface area contributed by atoms with E-state index in [-0.39, 0.29) is 12.0 Å². The van der Waals surface area contributed by atoms with Gasteiger partial charge in [0.15, 0.2) is 0 Å². The van der Waals surface area contributed by atoms with Gasteiger partial charge in [-0.1, -0.05) is 0 Å². The van der Waals surface area contributed by atoms with E-state index in [0.717, 1.165) is 25.7 Å². The zero-order chi connectivity index (χ0) is 13.0. The molecule has 0 spiro atoms. The predicted octanol–water partition coefficient (Wildman–Crippen LogP) is 1.85. The predicted molar refractivity (Wildman–Crippen MR) is 68.5 cm³/mol. The van der Waals surface area contributed by atoms with Gasteiger partial charge in [0.2, 0.25) is 5.95 Å². The maximum Gasteiger partial charge on any atom is 0.324 e. The molecule has 1 aromatic rings. The summed E-state index contributed by atoms with van der Waals surface area (Å²) in [7, 11) is 3.02. The molecule has 1 aliphatic carbocycles. The highest BCUT2D eigenvalue weighted by atomic mass is 35.5. The number of methoxy groups -OCH3 is 2. The van der Waals surface area contributed by atoms with Crippen LogP contribution in [-0.2, 0) is 0 Å². The molecule has 0 aliphatic heterocycles. The van der Waals surface area contributed by atoms with Gasteiger partial charge in [0.05, 0.1) is 14.2 Å². The van der Waals surface area contributed by atoms with Crippen molar-refractivity contribution >= 4 is 17.5 Å². The van der Waals surface area contributed by atoms with Gasteiger partial charge in [-0.2, -0.15) is 9.97 Å². The Balaban J connectivity index is 2.03. The first kappa shape index (κ1) is 13.1. The zero-order valence-electron chi connectivity index (χ0n) is 10.5. The van der Waals surface area contributed by atoms with Crippen LogP contribution < -0.4 is 14.8 Å². The lowest BCUT2D eigenvalue weighted by atomic mass is 9.95. The van der Waals surface area contributed by atoms with Gasteiger partial charge in [0.1, 0.15) is 0 Å². The second-order valence-corrected chi connectivity index (χ2v) is 4.84. The van der Waals surface area contributed by atoms with Crippen molar-refractivity contribution < 1.29 is 9.47 Å². The summed E-state index contributed by atoms with van der Waals surface area (Å²) < 4.78 is 10.0. The minimum Gasteiger partial charge on any atom is -0.467 e. The molecule has 0 unspecified atom stereocenters. The third-order valence-corrected chi connectivity index (χ3v) is 3.39. The largest absolute Gasteiger partial charge is 0.467 e. The Kier molecular flexibility index (Phi) is 4.41. The molecule has 0 bridgehead atoms. The van der Waals surface area contributed by atoms with Crippen molar-refractivity contribution in [3.63, 3.8) is 0 Å². The fourth-order valence-electron chi connectivity index (χ4n) is 1.96. The molecule has 1 saturated carbocycles. The van der Waals surface area contributed by atoms with Crippen LogP contribution >= 0.6 is 11.6 Å². The molecule has 6 nitrogen and oxygen atoms in total. The van der Waals surface area contributed by atoms with E-state index in [4.69, 9.17) is 21.1 Å². The average Bonchev–Trinajstić information content (AvgIpc) is 2.41. The Labute approximate surface area is 111 Å². The first-order valence-electron chi connectivity index (χ1n) is 5.96. The van der Waals surface area contributed by atoms with Crippen molar-refractivity contribution in [1.82, 2.24) is 15.0 Å². The van der Waals surface area contributed by atoms with E-state index in [2.05, 4.69) is 20.3 Å². The summed E-state index contributed by atoms with van der Waals surface area (Å²) in [6.45, 7) is 0. The number of hydrogen-bond acceptors (Lipinski definition) is 6. The van der Waals surface area contributed by atoms with Gasteiger partial charge in [-0.05, 0) is 25.7 Å². The molecule has 100 valence electrons. The van der Waals surface area contributed by atoms with Crippen LogP contribution in [0.2, 0.25) is 0 Å². The molecule has 2 rings (SSSR count). The van der Waals surface area contributed by atoms with Crippen molar-refractivity contribution in [3.8, 4) is 12.0 Å². The van der Waals surface area contributed by atoms with Crippen LogP contribution in [0.15, 0.2) is 0 Å². The molecule has 1 heterocycles. The van der Waals surface area contributed by atoms with Crippen LogP contribution in [0.4, 0.5) is 5.95 Å². The van der Waals surface area contributed by atoms with Gasteiger partial charge in [-0.25, -0.2) is 0 Å². The van der Waals surface area contributed by atoms with Crippen molar-refractivity contribution in [3.05, 3.63) is 0 Å². The van der Waals surface area contributed by atoms with Crippen molar-refractivity contribution in [2.24, 2.45) is 0 Å². The molecule has 0 saturated heterocycles. The normalized spacial score (nSPS) is 23.5. The van der Waals surface area contributed by atoms with E-state index in [1.807, 2.05) is 0 Å². The Morgan fingerprint density at radius 2 is 1.56 bits per heavy atom. The van der Waals surface area contributed by atoms with E-state index in [9.17, 15) is 0 Å². The quantitative estimate of drug-likeness (QED) is 0.844. The van der Waals surface area contributed by atoms with Crippen LogP contribution in [0.25, 0.3) is 0 Å². The lowest BCUT2D eigenvalue weighted by molar-refractivity contribution is 0.340. The number of aromatic nitrogens is 3. The molecule has 1 fully saturated rings. The van der Waals surface area contributed by atoms with Crippen LogP contribution in [-0.4, -0.2) is 40.6 Å². The maximum absolute atomic E-state index is 6.07. The molecule has 0 radical (unpaired) electrons. The first-order chi connectivity index (χ1) is 8.71. The van der Waals surface area contributed by atoms with Gasteiger partial charge >= 0.3 is 12.0 Å². The Morgan fingerprint density at radius 3 is 2.06 bits per heavy atom. The summed E-state index contributed by atoms with van der Waals surface area (Å²) in [5.74, 6) is 0.483. The molecule has 1 aromatic heterocycles. The fraction of sp³-hybridized carbons (Fsp3) is 0.727. The van der Waals surface area contributed by atoms with Gasteiger partial charge in [-0.15, -0.1) is 16.6 Å². The van der Waals surface area contributed by atoms with Crippen LogP contribution in [0.1, 0.15) is 25.7 Å². The molecule has 7 heteroatoms. The Bertz CT molecular complexity index is 374. The number of rotatable bonds is 4. The summed E-state index contributed by atoms with van der Waals surface area (Å²) in [5.41, 5.74) is 0. The summed E-state index contributed by atoms with van der Waals surface area (Å²) in [4.78, 5) is 12.2. The summed E-state index contributed by atoms with van der Waals surface area (Å²) in [5, 5.41) is 3.57. The number of hydrogen-bond donors (Lipinski definition) is 1. The lowest BCUT2D eigenvalue weighted by Gasteiger charge is -2.25. The molecule has 0 aromatic carbocycles. The number of alkyl halides is 1. The number of anilines is 1. The highest BCUT2D eigenvalue weighted by Crippen LogP contribution is 2.25. The number of ether oxygens (including phenoxy) is 2. The monoisotopic (exact) mass is 272 g/mol. The second-order valence-electron chi connectivity index (χ2n) is 4.23. The van der Waals surface area contributed by atoms with E-state index < -0.39 is 0 Å². The fourth-order valence-corrected chi connectivity index (χ4v) is 2.22. The van der Waals surface area contributed by atoms with E-state index >= 15 is 0 Å². The Hall–Kier alpha value is -1.30. The molecule has 0 amide bonds. The molecule has 1 aliphatic rings. The van der Waals surface area contributed by atoms with Crippen LogP contribution in [0.3, 0.4) is 0 Å². The second kappa shape index (κ2) is 6.04. The summed E-state index contributed by atoms with van der Waals surface area (Å²) in [6.07, 6.45) is 4.06. The Morgan fingerprint density at radius 1 is 1.00 bits per heavy atom. The van der Waals surface area contributed by atoms with Gasteiger partial charge in [-0.3, -0.25) is 0 Å². The maximum atomic E-state index is 6.07. The van der Waals surface area contributed by atoms with Gasteiger partial charge < -0.3 is 14.8 Å².